The fraction of sp³-hybridized carbons (Fsp3) is 0.875. The summed E-state index contributed by atoms with van der Waals surface area (Å²) in [5.41, 5.74) is 0. The van der Waals surface area contributed by atoms with Crippen LogP contribution in [0.3, 0.4) is 0 Å². The Bertz CT molecular complexity index is 59.6. The summed E-state index contributed by atoms with van der Waals surface area (Å²) in [5, 5.41) is 0. The summed E-state index contributed by atoms with van der Waals surface area (Å²) in [4.78, 5) is 2.13. The van der Waals surface area contributed by atoms with Gasteiger partial charge in [-0.3, -0.25) is 4.90 Å². The van der Waals surface area contributed by atoms with Crippen molar-refractivity contribution < 1.29 is 0 Å². The number of hydrogen-bond acceptors (Lipinski definition) is 1. The summed E-state index contributed by atoms with van der Waals surface area (Å²) in [5.74, 6) is 0. The SMILES string of the molecule is [CH2]N(CCCC)C(C)C. The molecule has 0 rings (SSSR count). The van der Waals surface area contributed by atoms with E-state index in [1.54, 1.807) is 0 Å². The fourth-order valence-corrected chi connectivity index (χ4v) is 0.619. The van der Waals surface area contributed by atoms with E-state index in [-0.39, 0.29) is 0 Å². The molecule has 0 amide bonds. The third kappa shape index (κ3) is 4.46. The minimum Gasteiger partial charge on any atom is -0.300 e. The zero-order chi connectivity index (χ0) is 7.28. The Morgan fingerprint density at radius 2 is 2.00 bits per heavy atom. The van der Waals surface area contributed by atoms with Gasteiger partial charge in [-0.05, 0) is 26.8 Å². The van der Waals surface area contributed by atoms with Crippen LogP contribution in [-0.2, 0) is 0 Å². The van der Waals surface area contributed by atoms with Crippen LogP contribution in [0.2, 0.25) is 0 Å². The highest BCUT2D eigenvalue weighted by atomic mass is 15.1. The number of hydrogen-bond donors (Lipinski definition) is 0. The molecule has 1 heteroatoms. The van der Waals surface area contributed by atoms with Gasteiger partial charge in [0.2, 0.25) is 0 Å². The molecule has 0 aliphatic rings. The van der Waals surface area contributed by atoms with Crippen molar-refractivity contribution in [1.29, 1.82) is 0 Å². The van der Waals surface area contributed by atoms with Crippen LogP contribution < -0.4 is 0 Å². The Labute approximate surface area is 59.1 Å². The van der Waals surface area contributed by atoms with Gasteiger partial charge in [0.15, 0.2) is 0 Å². The highest BCUT2D eigenvalue weighted by Gasteiger charge is 1.99. The second kappa shape index (κ2) is 4.80. The lowest BCUT2D eigenvalue weighted by Gasteiger charge is -2.19. The molecule has 0 aromatic heterocycles. The molecule has 0 heterocycles. The van der Waals surface area contributed by atoms with Crippen molar-refractivity contribution in [2.45, 2.75) is 39.7 Å². The van der Waals surface area contributed by atoms with Gasteiger partial charge < -0.3 is 0 Å². The van der Waals surface area contributed by atoms with Crippen LogP contribution >= 0.6 is 0 Å². The summed E-state index contributed by atoms with van der Waals surface area (Å²) in [6.45, 7) is 7.67. The highest BCUT2D eigenvalue weighted by molar-refractivity contribution is 4.59. The molecule has 1 nitrogen and oxygen atoms in total. The monoisotopic (exact) mass is 128 g/mol. The molecule has 0 aliphatic heterocycles. The van der Waals surface area contributed by atoms with Crippen molar-refractivity contribution >= 4 is 0 Å². The maximum absolute atomic E-state index is 3.91. The Morgan fingerprint density at radius 3 is 2.33 bits per heavy atom. The maximum atomic E-state index is 3.91. The topological polar surface area (TPSA) is 3.24 Å². The highest BCUT2D eigenvalue weighted by Crippen LogP contribution is 1.97. The molecule has 0 aliphatic carbocycles. The van der Waals surface area contributed by atoms with Crippen LogP contribution in [0.25, 0.3) is 0 Å². The zero-order valence-corrected chi connectivity index (χ0v) is 6.85. The molecule has 55 valence electrons. The van der Waals surface area contributed by atoms with Gasteiger partial charge in [-0.1, -0.05) is 13.3 Å². The minimum atomic E-state index is 0.594. The van der Waals surface area contributed by atoms with Crippen LogP contribution in [0, 0.1) is 7.05 Å². The summed E-state index contributed by atoms with van der Waals surface area (Å²) in [7, 11) is 3.91. The van der Waals surface area contributed by atoms with Gasteiger partial charge in [-0.25, -0.2) is 0 Å². The summed E-state index contributed by atoms with van der Waals surface area (Å²) in [6.07, 6.45) is 2.53. The average molecular weight is 128 g/mol. The molecule has 0 aromatic carbocycles. The third-order valence-corrected chi connectivity index (χ3v) is 1.53. The first-order valence-corrected chi connectivity index (χ1v) is 3.75. The van der Waals surface area contributed by atoms with Crippen molar-refractivity contribution in [2.75, 3.05) is 6.54 Å². The lowest BCUT2D eigenvalue weighted by molar-refractivity contribution is 0.301. The molecule has 0 N–H and O–H groups in total. The van der Waals surface area contributed by atoms with Crippen molar-refractivity contribution in [3.63, 3.8) is 0 Å². The van der Waals surface area contributed by atoms with Gasteiger partial charge in [0.05, 0.1) is 0 Å². The van der Waals surface area contributed by atoms with Crippen molar-refractivity contribution in [1.82, 2.24) is 4.90 Å². The standard InChI is InChI=1S/C8H18N/c1-5-6-7-9(4)8(2)3/h8H,4-7H2,1-3H3. The molecule has 0 atom stereocenters. The van der Waals surface area contributed by atoms with E-state index in [1.807, 2.05) is 0 Å². The number of nitrogens with zero attached hydrogens (tertiary/aromatic N) is 1. The lowest BCUT2D eigenvalue weighted by Crippen LogP contribution is -2.24. The van der Waals surface area contributed by atoms with E-state index in [4.69, 9.17) is 0 Å². The number of unbranched alkanes of at least 4 members (excludes halogenated alkanes) is 1. The summed E-state index contributed by atoms with van der Waals surface area (Å²) >= 11 is 0. The zero-order valence-electron chi connectivity index (χ0n) is 6.85. The van der Waals surface area contributed by atoms with Gasteiger partial charge in [-0.15, -0.1) is 0 Å². The largest absolute Gasteiger partial charge is 0.300 e. The van der Waals surface area contributed by atoms with Gasteiger partial charge in [0.1, 0.15) is 0 Å². The van der Waals surface area contributed by atoms with Crippen LogP contribution in [0.1, 0.15) is 33.6 Å². The Hall–Kier alpha value is -0.0400. The molecule has 0 spiro atoms. The van der Waals surface area contributed by atoms with Crippen LogP contribution in [0.4, 0.5) is 0 Å². The van der Waals surface area contributed by atoms with Gasteiger partial charge in [0, 0.05) is 13.1 Å². The third-order valence-electron chi connectivity index (χ3n) is 1.53. The second-order valence-electron chi connectivity index (χ2n) is 2.76. The molecule has 0 bridgehead atoms. The normalized spacial score (nSPS) is 11.3. The first-order chi connectivity index (χ1) is 4.18. The van der Waals surface area contributed by atoms with Crippen molar-refractivity contribution in [2.24, 2.45) is 0 Å². The number of rotatable bonds is 4. The Balaban J connectivity index is 3.16. The molecular formula is C8H18N. The predicted molar refractivity (Wildman–Crippen MR) is 42.1 cm³/mol. The van der Waals surface area contributed by atoms with E-state index in [1.165, 1.54) is 12.8 Å². The molecule has 9 heavy (non-hydrogen) atoms. The van der Waals surface area contributed by atoms with E-state index in [0.29, 0.717) is 6.04 Å². The Kier molecular flexibility index (Phi) is 4.78. The quantitative estimate of drug-likeness (QED) is 0.561. The van der Waals surface area contributed by atoms with Crippen molar-refractivity contribution in [3.8, 4) is 0 Å². The molecule has 0 fully saturated rings. The average Bonchev–Trinajstić information content (AvgIpc) is 1.82. The molecule has 0 saturated heterocycles. The van der Waals surface area contributed by atoms with E-state index in [0.717, 1.165) is 6.54 Å². The first kappa shape index (κ1) is 8.96. The summed E-state index contributed by atoms with van der Waals surface area (Å²) in [6, 6.07) is 0.594. The minimum absolute atomic E-state index is 0.594. The molecule has 0 saturated carbocycles. The van der Waals surface area contributed by atoms with Crippen molar-refractivity contribution in [3.05, 3.63) is 7.05 Å². The Morgan fingerprint density at radius 1 is 1.44 bits per heavy atom. The summed E-state index contributed by atoms with van der Waals surface area (Å²) < 4.78 is 0. The van der Waals surface area contributed by atoms with E-state index in [2.05, 4.69) is 32.7 Å². The lowest BCUT2D eigenvalue weighted by atomic mass is 10.3. The smallest absolute Gasteiger partial charge is 0.0112 e. The second-order valence-corrected chi connectivity index (χ2v) is 2.76. The predicted octanol–water partition coefficient (Wildman–Crippen LogP) is 2.29. The first-order valence-electron chi connectivity index (χ1n) is 3.75. The van der Waals surface area contributed by atoms with Gasteiger partial charge in [0.25, 0.3) is 0 Å². The molecule has 1 radical (unpaired) electrons. The molecule has 0 unspecified atom stereocenters. The van der Waals surface area contributed by atoms with E-state index in [9.17, 15) is 0 Å². The van der Waals surface area contributed by atoms with Crippen LogP contribution in [0.15, 0.2) is 0 Å². The van der Waals surface area contributed by atoms with Crippen LogP contribution in [-0.4, -0.2) is 17.5 Å². The van der Waals surface area contributed by atoms with Gasteiger partial charge >= 0.3 is 0 Å². The fourth-order valence-electron chi connectivity index (χ4n) is 0.619. The maximum Gasteiger partial charge on any atom is 0.0112 e. The molecule has 0 aromatic rings. The molecular weight excluding hydrogens is 110 g/mol. The van der Waals surface area contributed by atoms with E-state index >= 15 is 0 Å². The van der Waals surface area contributed by atoms with Gasteiger partial charge in [-0.2, -0.15) is 0 Å². The van der Waals surface area contributed by atoms with Crippen LogP contribution in [0.5, 0.6) is 0 Å². The van der Waals surface area contributed by atoms with E-state index < -0.39 is 0 Å².